The van der Waals surface area contributed by atoms with Crippen LogP contribution in [-0.2, 0) is 29.0 Å². The molecule has 1 N–H and O–H groups in total. The largest absolute Gasteiger partial charge is 0.490 e. The SMILES string of the molecule is CCCCNC(=O)[C@@H](Cc1ccccc1)N(Cc1cccc(Br)c1)C(=O)CCc1ccc(OCC)c(OCC)c1. The van der Waals surface area contributed by atoms with E-state index in [1.807, 2.05) is 86.6 Å². The molecule has 214 valence electrons. The Morgan fingerprint density at radius 3 is 2.27 bits per heavy atom. The third-order valence-corrected chi connectivity index (χ3v) is 7.07. The van der Waals surface area contributed by atoms with E-state index in [4.69, 9.17) is 9.47 Å². The first-order valence-electron chi connectivity index (χ1n) is 14.2. The Morgan fingerprint density at radius 2 is 1.57 bits per heavy atom. The highest BCUT2D eigenvalue weighted by Crippen LogP contribution is 2.29. The van der Waals surface area contributed by atoms with Gasteiger partial charge in [-0.3, -0.25) is 9.59 Å². The van der Waals surface area contributed by atoms with Gasteiger partial charge < -0.3 is 19.7 Å². The number of amides is 2. The Balaban J connectivity index is 1.88. The Kier molecular flexibility index (Phi) is 13.0. The monoisotopic (exact) mass is 608 g/mol. The van der Waals surface area contributed by atoms with Crippen molar-refractivity contribution in [3.8, 4) is 11.5 Å². The minimum absolute atomic E-state index is 0.0709. The lowest BCUT2D eigenvalue weighted by Crippen LogP contribution is -2.50. The third kappa shape index (κ3) is 9.70. The van der Waals surface area contributed by atoms with Gasteiger partial charge in [0.1, 0.15) is 6.04 Å². The molecule has 0 aliphatic rings. The molecule has 0 radical (unpaired) electrons. The van der Waals surface area contributed by atoms with E-state index in [9.17, 15) is 9.59 Å². The van der Waals surface area contributed by atoms with Gasteiger partial charge >= 0.3 is 0 Å². The minimum atomic E-state index is -0.634. The molecule has 7 heteroatoms. The van der Waals surface area contributed by atoms with Crippen molar-refractivity contribution in [2.75, 3.05) is 19.8 Å². The van der Waals surface area contributed by atoms with Crippen LogP contribution in [0.4, 0.5) is 0 Å². The van der Waals surface area contributed by atoms with Crippen LogP contribution >= 0.6 is 15.9 Å². The van der Waals surface area contributed by atoms with Gasteiger partial charge in [-0.25, -0.2) is 0 Å². The molecule has 0 saturated heterocycles. The molecule has 6 nitrogen and oxygen atoms in total. The molecule has 0 unspecified atom stereocenters. The molecular weight excluding hydrogens is 568 g/mol. The Bertz CT molecular complexity index is 1220. The number of nitrogens with zero attached hydrogens (tertiary/aromatic N) is 1. The van der Waals surface area contributed by atoms with Gasteiger partial charge in [-0.1, -0.05) is 77.8 Å². The summed E-state index contributed by atoms with van der Waals surface area (Å²) in [6.45, 7) is 7.96. The summed E-state index contributed by atoms with van der Waals surface area (Å²) in [7, 11) is 0. The molecule has 0 aromatic heterocycles. The van der Waals surface area contributed by atoms with Crippen molar-refractivity contribution in [1.29, 1.82) is 0 Å². The maximum absolute atomic E-state index is 13.9. The lowest BCUT2D eigenvalue weighted by atomic mass is 10.0. The average molecular weight is 610 g/mol. The number of unbranched alkanes of at least 4 members (excludes halogenated alkanes) is 1. The van der Waals surface area contributed by atoms with Gasteiger partial charge in [-0.05, 0) is 67.6 Å². The first-order valence-corrected chi connectivity index (χ1v) is 15.0. The number of aryl methyl sites for hydroxylation is 1. The van der Waals surface area contributed by atoms with E-state index in [-0.39, 0.29) is 18.2 Å². The maximum atomic E-state index is 13.9. The quantitative estimate of drug-likeness (QED) is 0.183. The van der Waals surface area contributed by atoms with Gasteiger partial charge in [0, 0.05) is 30.4 Å². The average Bonchev–Trinajstić information content (AvgIpc) is 2.95. The smallest absolute Gasteiger partial charge is 0.243 e. The van der Waals surface area contributed by atoms with Crippen LogP contribution in [0.15, 0.2) is 77.3 Å². The molecule has 2 amide bonds. The molecule has 0 aliphatic heterocycles. The highest BCUT2D eigenvalue weighted by atomic mass is 79.9. The summed E-state index contributed by atoms with van der Waals surface area (Å²) in [5.41, 5.74) is 2.95. The lowest BCUT2D eigenvalue weighted by molar-refractivity contribution is -0.141. The summed E-state index contributed by atoms with van der Waals surface area (Å²) in [5, 5.41) is 3.08. The normalized spacial score (nSPS) is 11.5. The first-order chi connectivity index (χ1) is 19.4. The molecule has 0 fully saturated rings. The number of rotatable bonds is 16. The minimum Gasteiger partial charge on any atom is -0.490 e. The van der Waals surface area contributed by atoms with Crippen LogP contribution in [0, 0.1) is 0 Å². The number of nitrogens with one attached hydrogen (secondary N) is 1. The summed E-state index contributed by atoms with van der Waals surface area (Å²) < 4.78 is 12.4. The highest BCUT2D eigenvalue weighted by Gasteiger charge is 2.30. The molecule has 3 rings (SSSR count). The van der Waals surface area contributed by atoms with E-state index in [0.29, 0.717) is 50.6 Å². The van der Waals surface area contributed by atoms with Crippen LogP contribution in [0.1, 0.15) is 56.7 Å². The van der Waals surface area contributed by atoms with Crippen molar-refractivity contribution in [2.24, 2.45) is 0 Å². The first kappa shape index (κ1) is 31.2. The highest BCUT2D eigenvalue weighted by molar-refractivity contribution is 9.10. The van der Waals surface area contributed by atoms with Crippen molar-refractivity contribution in [3.63, 3.8) is 0 Å². The van der Waals surface area contributed by atoms with E-state index >= 15 is 0 Å². The van der Waals surface area contributed by atoms with Crippen molar-refractivity contribution in [1.82, 2.24) is 10.2 Å². The Morgan fingerprint density at radius 1 is 0.850 bits per heavy atom. The van der Waals surface area contributed by atoms with Crippen molar-refractivity contribution in [3.05, 3.63) is 94.0 Å². The van der Waals surface area contributed by atoms with Gasteiger partial charge in [0.05, 0.1) is 13.2 Å². The number of carbonyl (C=O) groups is 2. The van der Waals surface area contributed by atoms with Gasteiger partial charge in [-0.15, -0.1) is 0 Å². The molecule has 0 heterocycles. The zero-order valence-electron chi connectivity index (χ0n) is 23.8. The second-order valence-corrected chi connectivity index (χ2v) is 10.6. The van der Waals surface area contributed by atoms with E-state index in [0.717, 1.165) is 34.0 Å². The van der Waals surface area contributed by atoms with Crippen molar-refractivity contribution >= 4 is 27.7 Å². The summed E-state index contributed by atoms with van der Waals surface area (Å²) in [6, 6.07) is 22.9. The van der Waals surface area contributed by atoms with Crippen molar-refractivity contribution in [2.45, 2.75) is 65.5 Å². The Hall–Kier alpha value is -3.32. The van der Waals surface area contributed by atoms with Gasteiger partial charge in [0.2, 0.25) is 11.8 Å². The molecule has 3 aromatic rings. The van der Waals surface area contributed by atoms with Crippen LogP contribution in [0.3, 0.4) is 0 Å². The standard InChI is InChI=1S/C33H41BrN2O4/c1-4-7-20-35-33(38)29(22-25-12-9-8-10-13-25)36(24-27-14-11-15-28(34)21-27)32(37)19-17-26-16-18-30(39-5-2)31(23-26)40-6-3/h8-16,18,21,23,29H,4-7,17,19-20,22,24H2,1-3H3,(H,35,38)/t29-/m1/s1. The second-order valence-electron chi connectivity index (χ2n) is 9.65. The fourth-order valence-corrected chi connectivity index (χ4v) is 4.98. The Labute approximate surface area is 247 Å². The summed E-state index contributed by atoms with van der Waals surface area (Å²) >= 11 is 3.54. The van der Waals surface area contributed by atoms with E-state index in [2.05, 4.69) is 28.2 Å². The van der Waals surface area contributed by atoms with E-state index in [1.54, 1.807) is 4.90 Å². The van der Waals surface area contributed by atoms with Crippen LogP contribution in [0.25, 0.3) is 0 Å². The van der Waals surface area contributed by atoms with E-state index in [1.165, 1.54) is 0 Å². The van der Waals surface area contributed by atoms with Crippen LogP contribution < -0.4 is 14.8 Å². The summed E-state index contributed by atoms with van der Waals surface area (Å²) in [5.74, 6) is 1.18. The predicted octanol–water partition coefficient (Wildman–Crippen LogP) is 6.74. The molecule has 0 bridgehead atoms. The number of carbonyl (C=O) groups excluding carboxylic acids is 2. The molecule has 3 aromatic carbocycles. The zero-order valence-corrected chi connectivity index (χ0v) is 25.4. The fourth-order valence-electron chi connectivity index (χ4n) is 4.54. The van der Waals surface area contributed by atoms with Gasteiger partial charge in [-0.2, -0.15) is 0 Å². The number of hydrogen-bond acceptors (Lipinski definition) is 4. The lowest BCUT2D eigenvalue weighted by Gasteiger charge is -2.32. The fraction of sp³-hybridized carbons (Fsp3) is 0.394. The number of ether oxygens (including phenoxy) is 2. The van der Waals surface area contributed by atoms with Crippen LogP contribution in [-0.4, -0.2) is 42.5 Å². The predicted molar refractivity (Wildman–Crippen MR) is 164 cm³/mol. The maximum Gasteiger partial charge on any atom is 0.243 e. The molecular formula is C33H41BrN2O4. The second kappa shape index (κ2) is 16.7. The van der Waals surface area contributed by atoms with E-state index < -0.39 is 6.04 Å². The number of benzene rings is 3. The van der Waals surface area contributed by atoms with Crippen LogP contribution in [0.2, 0.25) is 0 Å². The molecule has 1 atom stereocenters. The number of halogens is 1. The number of hydrogen-bond donors (Lipinski definition) is 1. The zero-order chi connectivity index (χ0) is 28.7. The van der Waals surface area contributed by atoms with Crippen molar-refractivity contribution < 1.29 is 19.1 Å². The van der Waals surface area contributed by atoms with Gasteiger partial charge in [0.25, 0.3) is 0 Å². The van der Waals surface area contributed by atoms with Gasteiger partial charge in [0.15, 0.2) is 11.5 Å². The third-order valence-electron chi connectivity index (χ3n) is 6.58. The molecule has 0 spiro atoms. The summed E-state index contributed by atoms with van der Waals surface area (Å²) in [6.07, 6.45) is 3.10. The topological polar surface area (TPSA) is 67.9 Å². The summed E-state index contributed by atoms with van der Waals surface area (Å²) in [4.78, 5) is 29.2. The molecule has 40 heavy (non-hydrogen) atoms. The molecule has 0 aliphatic carbocycles. The van der Waals surface area contributed by atoms with Crippen LogP contribution in [0.5, 0.6) is 11.5 Å². The molecule has 0 saturated carbocycles.